The van der Waals surface area contributed by atoms with Crippen molar-refractivity contribution in [2.24, 2.45) is 0 Å². The monoisotopic (exact) mass is 752 g/mol. The lowest BCUT2D eigenvalue weighted by atomic mass is 9.97. The van der Waals surface area contributed by atoms with Crippen molar-refractivity contribution in [1.82, 2.24) is 4.57 Å². The first-order valence-corrected chi connectivity index (χ1v) is 20.2. The van der Waals surface area contributed by atoms with Crippen LogP contribution in [0.5, 0.6) is 0 Å². The first-order chi connectivity index (χ1) is 29.2. The number of para-hydroxylation sites is 2. The molecule has 0 saturated heterocycles. The van der Waals surface area contributed by atoms with Crippen LogP contribution in [-0.4, -0.2) is 4.57 Å². The minimum atomic E-state index is 0.847. The fourth-order valence-electron chi connectivity index (χ4n) is 9.17. The van der Waals surface area contributed by atoms with E-state index in [9.17, 15) is 0 Å². The van der Waals surface area contributed by atoms with E-state index in [1.165, 1.54) is 49.0 Å². The summed E-state index contributed by atoms with van der Waals surface area (Å²) in [6, 6.07) is 78.7. The second kappa shape index (κ2) is 13.4. The summed E-state index contributed by atoms with van der Waals surface area (Å²) in [4.78, 5) is 2.42. The maximum Gasteiger partial charge on any atom is 0.138 e. The van der Waals surface area contributed by atoms with Gasteiger partial charge in [0.2, 0.25) is 0 Å². The summed E-state index contributed by atoms with van der Waals surface area (Å²) in [7, 11) is 0. The van der Waals surface area contributed by atoms with Crippen LogP contribution in [0.15, 0.2) is 223 Å². The van der Waals surface area contributed by atoms with Gasteiger partial charge in [-0.1, -0.05) is 152 Å². The van der Waals surface area contributed by atoms with Gasteiger partial charge in [-0.05, 0) is 111 Å². The van der Waals surface area contributed by atoms with Crippen molar-refractivity contribution in [3.05, 3.63) is 218 Å². The molecular formula is C56H36N2O. The molecule has 12 aromatic rings. The number of hydrogen-bond acceptors (Lipinski definition) is 2. The van der Waals surface area contributed by atoms with Gasteiger partial charge in [-0.25, -0.2) is 0 Å². The Morgan fingerprint density at radius 2 is 0.966 bits per heavy atom. The second-order valence-electron chi connectivity index (χ2n) is 15.3. The van der Waals surface area contributed by atoms with Gasteiger partial charge in [-0.3, -0.25) is 0 Å². The normalized spacial score (nSPS) is 11.7. The van der Waals surface area contributed by atoms with Crippen LogP contribution in [-0.2, 0) is 0 Å². The zero-order valence-corrected chi connectivity index (χ0v) is 32.1. The van der Waals surface area contributed by atoms with Gasteiger partial charge in [0.1, 0.15) is 11.2 Å². The van der Waals surface area contributed by atoms with Crippen LogP contribution in [0, 0.1) is 0 Å². The predicted molar refractivity (Wildman–Crippen MR) is 249 cm³/mol. The van der Waals surface area contributed by atoms with Gasteiger partial charge in [0.05, 0.1) is 22.1 Å². The van der Waals surface area contributed by atoms with E-state index in [0.717, 1.165) is 61.3 Å². The molecule has 0 amide bonds. The molecule has 0 aliphatic carbocycles. The average Bonchev–Trinajstić information content (AvgIpc) is 3.86. The minimum absolute atomic E-state index is 0.847. The van der Waals surface area contributed by atoms with Crippen LogP contribution in [0.2, 0.25) is 0 Å². The molecule has 0 unspecified atom stereocenters. The number of rotatable bonds is 6. The van der Waals surface area contributed by atoms with Gasteiger partial charge < -0.3 is 13.9 Å². The molecule has 0 bridgehead atoms. The molecule has 0 saturated carbocycles. The Morgan fingerprint density at radius 1 is 0.339 bits per heavy atom. The highest BCUT2D eigenvalue weighted by Crippen LogP contribution is 2.48. The van der Waals surface area contributed by atoms with E-state index < -0.39 is 0 Å². The summed E-state index contributed by atoms with van der Waals surface area (Å²) in [5.74, 6) is 0. The van der Waals surface area contributed by atoms with Gasteiger partial charge in [-0.15, -0.1) is 0 Å². The van der Waals surface area contributed by atoms with Crippen LogP contribution in [0.3, 0.4) is 0 Å². The van der Waals surface area contributed by atoms with Gasteiger partial charge in [0, 0.05) is 33.2 Å². The maximum absolute atomic E-state index is 6.93. The molecular weight excluding hydrogens is 717 g/mol. The lowest BCUT2D eigenvalue weighted by molar-refractivity contribution is 0.669. The number of furan rings is 1. The quantitative estimate of drug-likeness (QED) is 0.169. The number of anilines is 3. The van der Waals surface area contributed by atoms with E-state index in [1.54, 1.807) is 0 Å². The Morgan fingerprint density at radius 3 is 1.80 bits per heavy atom. The van der Waals surface area contributed by atoms with E-state index in [2.05, 4.69) is 228 Å². The highest BCUT2D eigenvalue weighted by atomic mass is 16.3. The SMILES string of the molecule is c1ccc(-c2ccc(N(c3ccc4ccccc4c3)c3cc(-c4ccc5c6ccccc6n(-c6ccccc6)c5c4)cc4oc5ccc6ccccc6c5c34)cc2)cc1. The number of benzene rings is 10. The van der Waals surface area contributed by atoms with E-state index >= 15 is 0 Å². The third kappa shape index (κ3) is 5.44. The van der Waals surface area contributed by atoms with E-state index in [-0.39, 0.29) is 0 Å². The smallest absolute Gasteiger partial charge is 0.138 e. The van der Waals surface area contributed by atoms with Crippen molar-refractivity contribution in [1.29, 1.82) is 0 Å². The van der Waals surface area contributed by atoms with E-state index in [4.69, 9.17) is 4.42 Å². The predicted octanol–water partition coefficient (Wildman–Crippen LogP) is 15.8. The fourth-order valence-corrected chi connectivity index (χ4v) is 9.17. The molecule has 12 rings (SSSR count). The number of hydrogen-bond donors (Lipinski definition) is 0. The summed E-state index contributed by atoms with van der Waals surface area (Å²) < 4.78 is 9.31. The van der Waals surface area contributed by atoms with Gasteiger partial charge in [0.25, 0.3) is 0 Å². The van der Waals surface area contributed by atoms with Gasteiger partial charge >= 0.3 is 0 Å². The zero-order valence-electron chi connectivity index (χ0n) is 32.1. The molecule has 2 aromatic heterocycles. The lowest BCUT2D eigenvalue weighted by Crippen LogP contribution is -2.10. The molecule has 59 heavy (non-hydrogen) atoms. The third-order valence-corrected chi connectivity index (χ3v) is 11.9. The number of aromatic nitrogens is 1. The van der Waals surface area contributed by atoms with Crippen LogP contribution in [0.25, 0.3) is 93.2 Å². The molecule has 10 aromatic carbocycles. The van der Waals surface area contributed by atoms with Crippen molar-refractivity contribution in [2.75, 3.05) is 4.90 Å². The van der Waals surface area contributed by atoms with Crippen molar-refractivity contribution < 1.29 is 4.42 Å². The van der Waals surface area contributed by atoms with Crippen LogP contribution in [0.1, 0.15) is 0 Å². The summed E-state index contributed by atoms with van der Waals surface area (Å²) in [6.45, 7) is 0. The molecule has 3 nitrogen and oxygen atoms in total. The molecule has 3 heteroatoms. The lowest BCUT2D eigenvalue weighted by Gasteiger charge is -2.27. The average molecular weight is 753 g/mol. The van der Waals surface area contributed by atoms with E-state index in [1.807, 2.05) is 0 Å². The topological polar surface area (TPSA) is 21.3 Å². The highest BCUT2D eigenvalue weighted by Gasteiger charge is 2.23. The highest BCUT2D eigenvalue weighted by molar-refractivity contribution is 6.24. The molecule has 0 atom stereocenters. The summed E-state index contributed by atoms with van der Waals surface area (Å²) in [5, 5.41) is 9.40. The molecule has 0 aliphatic heterocycles. The van der Waals surface area contributed by atoms with Crippen LogP contribution < -0.4 is 4.90 Å². The Kier molecular flexibility index (Phi) is 7.54. The Hall–Kier alpha value is -7.88. The summed E-state index contributed by atoms with van der Waals surface area (Å²) >= 11 is 0. The first kappa shape index (κ1) is 33.3. The van der Waals surface area contributed by atoms with Gasteiger partial charge in [0.15, 0.2) is 0 Å². The van der Waals surface area contributed by atoms with E-state index in [0.29, 0.717) is 0 Å². The largest absolute Gasteiger partial charge is 0.456 e. The van der Waals surface area contributed by atoms with Crippen molar-refractivity contribution >= 4 is 82.4 Å². The fraction of sp³-hybridized carbons (Fsp3) is 0. The Balaban J connectivity index is 1.16. The molecule has 0 radical (unpaired) electrons. The van der Waals surface area contributed by atoms with Crippen molar-refractivity contribution in [3.8, 4) is 27.9 Å². The Labute approximate surface area is 341 Å². The van der Waals surface area contributed by atoms with Crippen LogP contribution >= 0.6 is 0 Å². The zero-order chi connectivity index (χ0) is 38.9. The molecule has 276 valence electrons. The van der Waals surface area contributed by atoms with Crippen molar-refractivity contribution in [2.45, 2.75) is 0 Å². The Bertz CT molecular complexity index is 3540. The van der Waals surface area contributed by atoms with Crippen LogP contribution in [0.4, 0.5) is 17.1 Å². The van der Waals surface area contributed by atoms with Gasteiger partial charge in [-0.2, -0.15) is 0 Å². The molecule has 0 aliphatic rings. The molecule has 0 fully saturated rings. The van der Waals surface area contributed by atoms with Crippen molar-refractivity contribution in [3.63, 3.8) is 0 Å². The summed E-state index contributed by atoms with van der Waals surface area (Å²) in [5.41, 5.74) is 13.0. The molecule has 2 heterocycles. The third-order valence-electron chi connectivity index (χ3n) is 11.9. The minimum Gasteiger partial charge on any atom is -0.456 e. The second-order valence-corrected chi connectivity index (χ2v) is 15.3. The summed E-state index contributed by atoms with van der Waals surface area (Å²) in [6.07, 6.45) is 0. The maximum atomic E-state index is 6.93. The number of nitrogens with zero attached hydrogens (tertiary/aromatic N) is 2. The molecule has 0 spiro atoms. The first-order valence-electron chi connectivity index (χ1n) is 20.2. The standard InChI is InChI=1S/C56H36N2O/c1-3-13-37(14-4-1)39-23-28-45(29-24-39)57(46-30-25-38-15-7-8-17-41(38)33-46)52-35-43(36-54-56(52)55-47-20-10-9-16-40(47)27-32-53(55)59-54)42-26-31-49-48-21-11-12-22-50(48)58(51(49)34-42)44-18-5-2-6-19-44/h1-36H. The number of fused-ring (bicyclic) bond motifs is 9. The molecule has 0 N–H and O–H groups in total.